The van der Waals surface area contributed by atoms with Crippen molar-refractivity contribution in [2.45, 2.75) is 32.0 Å². The largest absolute Gasteiger partial charge is 0.467 e. The van der Waals surface area contributed by atoms with Crippen molar-refractivity contribution in [3.05, 3.63) is 28.2 Å². The number of methoxy groups -OCH3 is 1. The van der Waals surface area contributed by atoms with Crippen LogP contribution < -0.4 is 10.1 Å². The highest BCUT2D eigenvalue weighted by molar-refractivity contribution is 9.10. The zero-order valence-corrected chi connectivity index (χ0v) is 17.5. The number of nitrogens with one attached hydrogen (secondary N) is 1. The third-order valence-electron chi connectivity index (χ3n) is 4.86. The van der Waals surface area contributed by atoms with Gasteiger partial charge in [0.05, 0.1) is 12.6 Å². The summed E-state index contributed by atoms with van der Waals surface area (Å²) in [7, 11) is 1.66. The van der Waals surface area contributed by atoms with Crippen LogP contribution in [0, 0.1) is 5.92 Å². The van der Waals surface area contributed by atoms with Crippen LogP contribution in [0.2, 0.25) is 0 Å². The molecule has 3 atom stereocenters. The van der Waals surface area contributed by atoms with Crippen molar-refractivity contribution in [2.24, 2.45) is 5.92 Å². The summed E-state index contributed by atoms with van der Waals surface area (Å²) in [6, 6.07) is 5.50. The number of thiocarbonyl (C=S) groups is 1. The molecule has 0 radical (unpaired) electrons. The number of hydrogen-bond acceptors (Lipinski definition) is 5. The second kappa shape index (κ2) is 7.70. The standard InChI is InChI=1S/C18H23BrN2O4S/c1-4-24-16(22)14-15-12-10-11(19)6-7-13(12)25-18(14,2)21(17(26)20-15)8-5-9-23-3/h6-7,10,14-15H,4-5,8-9H2,1-3H3,(H,20,26)/t14-,15-,18-/m0/s1. The summed E-state index contributed by atoms with van der Waals surface area (Å²) in [6.45, 7) is 5.25. The van der Waals surface area contributed by atoms with E-state index in [4.69, 9.17) is 26.4 Å². The quantitative estimate of drug-likeness (QED) is 0.412. The Morgan fingerprint density at radius 2 is 2.27 bits per heavy atom. The van der Waals surface area contributed by atoms with E-state index in [1.165, 1.54) is 0 Å². The lowest BCUT2D eigenvalue weighted by atomic mass is 9.79. The highest BCUT2D eigenvalue weighted by atomic mass is 79.9. The predicted octanol–water partition coefficient (Wildman–Crippen LogP) is 3.00. The number of nitrogens with zero attached hydrogens (tertiary/aromatic N) is 1. The highest BCUT2D eigenvalue weighted by Gasteiger charge is 2.59. The van der Waals surface area contributed by atoms with Gasteiger partial charge in [-0.25, -0.2) is 0 Å². The van der Waals surface area contributed by atoms with Gasteiger partial charge < -0.3 is 24.4 Å². The monoisotopic (exact) mass is 442 g/mol. The number of rotatable bonds is 6. The molecule has 1 fully saturated rings. The van der Waals surface area contributed by atoms with Gasteiger partial charge in [0.2, 0.25) is 0 Å². The molecule has 142 valence electrons. The molecule has 0 amide bonds. The summed E-state index contributed by atoms with van der Waals surface area (Å²) >= 11 is 9.09. The first-order valence-electron chi connectivity index (χ1n) is 8.64. The van der Waals surface area contributed by atoms with Gasteiger partial charge in [-0.2, -0.15) is 0 Å². The number of carbonyl (C=O) groups excluding carboxylic acids is 1. The maximum atomic E-state index is 12.8. The summed E-state index contributed by atoms with van der Waals surface area (Å²) in [5.74, 6) is -0.0937. The summed E-state index contributed by atoms with van der Waals surface area (Å²) in [5, 5.41) is 3.91. The molecule has 2 aliphatic rings. The van der Waals surface area contributed by atoms with Crippen LogP contribution in [0.5, 0.6) is 5.75 Å². The van der Waals surface area contributed by atoms with Gasteiger partial charge in [0.25, 0.3) is 0 Å². The zero-order valence-electron chi connectivity index (χ0n) is 15.1. The van der Waals surface area contributed by atoms with Gasteiger partial charge in [-0.15, -0.1) is 0 Å². The van der Waals surface area contributed by atoms with Crippen LogP contribution in [-0.4, -0.2) is 48.6 Å². The molecule has 0 saturated carbocycles. The van der Waals surface area contributed by atoms with Crippen LogP contribution in [0.4, 0.5) is 0 Å². The van der Waals surface area contributed by atoms with Gasteiger partial charge in [0.15, 0.2) is 10.8 Å². The molecule has 0 spiro atoms. The lowest BCUT2D eigenvalue weighted by Crippen LogP contribution is -2.71. The lowest BCUT2D eigenvalue weighted by molar-refractivity contribution is -0.175. The number of fused-ring (bicyclic) bond motifs is 4. The Balaban J connectivity index is 2.04. The molecule has 2 heterocycles. The third-order valence-corrected chi connectivity index (χ3v) is 5.70. The first kappa shape index (κ1) is 19.4. The molecule has 1 aromatic carbocycles. The molecule has 8 heteroatoms. The molecule has 2 bridgehead atoms. The number of benzene rings is 1. The van der Waals surface area contributed by atoms with E-state index in [1.54, 1.807) is 14.0 Å². The molecule has 2 aliphatic heterocycles. The minimum atomic E-state index is -0.923. The first-order valence-corrected chi connectivity index (χ1v) is 9.84. The number of esters is 1. The smallest absolute Gasteiger partial charge is 0.317 e. The van der Waals surface area contributed by atoms with E-state index in [9.17, 15) is 4.79 Å². The van der Waals surface area contributed by atoms with Crippen molar-refractivity contribution in [2.75, 3.05) is 26.9 Å². The summed E-state index contributed by atoms with van der Waals surface area (Å²) < 4.78 is 17.8. The predicted molar refractivity (Wildman–Crippen MR) is 105 cm³/mol. The fourth-order valence-corrected chi connectivity index (χ4v) is 4.48. The van der Waals surface area contributed by atoms with E-state index in [0.717, 1.165) is 22.2 Å². The van der Waals surface area contributed by atoms with Gasteiger partial charge >= 0.3 is 5.97 Å². The maximum absolute atomic E-state index is 12.8. The first-order chi connectivity index (χ1) is 12.4. The SMILES string of the molecule is CCOC(=O)[C@@H]1[C@H]2NC(=S)N(CCCOC)[C@@]1(C)Oc1ccc(Br)cc12. The highest BCUT2D eigenvalue weighted by Crippen LogP contribution is 2.49. The number of carbonyl (C=O) groups is 1. The maximum Gasteiger partial charge on any atom is 0.317 e. The Hall–Kier alpha value is -1.38. The Morgan fingerprint density at radius 3 is 2.96 bits per heavy atom. The second-order valence-corrected chi connectivity index (χ2v) is 7.80. The van der Waals surface area contributed by atoms with E-state index in [-0.39, 0.29) is 12.0 Å². The van der Waals surface area contributed by atoms with Crippen LogP contribution >= 0.6 is 28.1 Å². The topological polar surface area (TPSA) is 60.0 Å². The van der Waals surface area contributed by atoms with Crippen LogP contribution in [0.15, 0.2) is 22.7 Å². The molecular formula is C18H23BrN2O4S. The van der Waals surface area contributed by atoms with Crippen LogP contribution in [0.1, 0.15) is 31.9 Å². The minimum Gasteiger partial charge on any atom is -0.467 e. The summed E-state index contributed by atoms with van der Waals surface area (Å²) in [4.78, 5) is 14.8. The molecule has 3 rings (SSSR count). The third kappa shape index (κ3) is 3.30. The molecule has 1 aromatic rings. The van der Waals surface area contributed by atoms with Gasteiger partial charge in [-0.05, 0) is 50.7 Å². The second-order valence-electron chi connectivity index (χ2n) is 6.49. The van der Waals surface area contributed by atoms with Gasteiger partial charge in [-0.3, -0.25) is 4.79 Å². The van der Waals surface area contributed by atoms with E-state index >= 15 is 0 Å². The molecule has 0 unspecified atom stereocenters. The number of hydrogen-bond donors (Lipinski definition) is 1. The van der Waals surface area contributed by atoms with Gasteiger partial charge in [-0.1, -0.05) is 15.9 Å². The van der Waals surface area contributed by atoms with E-state index in [2.05, 4.69) is 21.2 Å². The van der Waals surface area contributed by atoms with E-state index in [0.29, 0.717) is 24.9 Å². The lowest BCUT2D eigenvalue weighted by Gasteiger charge is -2.55. The Labute approximate surface area is 167 Å². The van der Waals surface area contributed by atoms with Gasteiger partial charge in [0.1, 0.15) is 11.7 Å². The van der Waals surface area contributed by atoms with Crippen LogP contribution in [0.3, 0.4) is 0 Å². The average molecular weight is 443 g/mol. The minimum absolute atomic E-state index is 0.294. The summed E-state index contributed by atoms with van der Waals surface area (Å²) in [5.41, 5.74) is -0.0258. The molecule has 26 heavy (non-hydrogen) atoms. The van der Waals surface area contributed by atoms with Crippen molar-refractivity contribution in [1.29, 1.82) is 0 Å². The Bertz CT molecular complexity index is 716. The molecule has 0 aromatic heterocycles. The molecule has 0 aliphatic carbocycles. The average Bonchev–Trinajstić information content (AvgIpc) is 2.58. The fourth-order valence-electron chi connectivity index (χ4n) is 3.70. The van der Waals surface area contributed by atoms with Crippen molar-refractivity contribution in [1.82, 2.24) is 10.2 Å². The van der Waals surface area contributed by atoms with Crippen LogP contribution in [0.25, 0.3) is 0 Å². The van der Waals surface area contributed by atoms with E-state index < -0.39 is 11.6 Å². The molecule has 6 nitrogen and oxygen atoms in total. The number of halogens is 1. The normalized spacial score (nSPS) is 26.6. The zero-order chi connectivity index (χ0) is 18.9. The van der Waals surface area contributed by atoms with E-state index in [1.807, 2.05) is 30.0 Å². The molecule has 1 N–H and O–H groups in total. The van der Waals surface area contributed by atoms with Crippen molar-refractivity contribution >= 4 is 39.2 Å². The van der Waals surface area contributed by atoms with Gasteiger partial charge in [0, 0.05) is 30.3 Å². The molecular weight excluding hydrogens is 420 g/mol. The molecule has 1 saturated heterocycles. The fraction of sp³-hybridized carbons (Fsp3) is 0.556. The number of ether oxygens (including phenoxy) is 3. The van der Waals surface area contributed by atoms with Crippen molar-refractivity contribution < 1.29 is 19.0 Å². The van der Waals surface area contributed by atoms with Crippen LogP contribution in [-0.2, 0) is 14.3 Å². The summed E-state index contributed by atoms with van der Waals surface area (Å²) in [6.07, 6.45) is 0.769. The Morgan fingerprint density at radius 1 is 1.50 bits per heavy atom. The Kier molecular flexibility index (Phi) is 5.74. The van der Waals surface area contributed by atoms with Crippen molar-refractivity contribution in [3.8, 4) is 5.75 Å². The van der Waals surface area contributed by atoms with Crippen molar-refractivity contribution in [3.63, 3.8) is 0 Å².